The van der Waals surface area contributed by atoms with Gasteiger partial charge >= 0.3 is 18.4 Å². The number of nitrogens with one attached hydrogen (secondary N) is 2. The lowest BCUT2D eigenvalue weighted by Crippen LogP contribution is -2.32. The highest BCUT2D eigenvalue weighted by Crippen LogP contribution is 2.37. The van der Waals surface area contributed by atoms with Crippen molar-refractivity contribution in [1.82, 2.24) is 15.5 Å². The number of aromatic nitrogens is 2. The SMILES string of the molecule is CCOc1ccc(-c2ccc(OCCNC(=O)Nc3cc(C(F)(F)F)cc(C(F)(F)F)c3)nn2)cc1. The predicted molar refractivity (Wildman–Crippen MR) is 118 cm³/mol. The molecule has 0 unspecified atom stereocenters. The summed E-state index contributed by atoms with van der Waals surface area (Å²) in [4.78, 5) is 11.9. The van der Waals surface area contributed by atoms with Crippen LogP contribution in [0.25, 0.3) is 11.3 Å². The second-order valence-electron chi connectivity index (χ2n) is 7.24. The van der Waals surface area contributed by atoms with E-state index >= 15 is 0 Å². The lowest BCUT2D eigenvalue weighted by Gasteiger charge is -2.15. The van der Waals surface area contributed by atoms with Crippen molar-refractivity contribution >= 4 is 11.7 Å². The molecule has 0 saturated carbocycles. The number of amides is 2. The fourth-order valence-electron chi connectivity index (χ4n) is 2.96. The zero-order chi connectivity index (χ0) is 26.3. The van der Waals surface area contributed by atoms with Crippen LogP contribution in [-0.2, 0) is 12.4 Å². The molecule has 192 valence electrons. The van der Waals surface area contributed by atoms with E-state index in [1.165, 1.54) is 0 Å². The minimum absolute atomic E-state index is 0.0286. The monoisotopic (exact) mass is 514 g/mol. The summed E-state index contributed by atoms with van der Waals surface area (Å²) in [7, 11) is 0. The van der Waals surface area contributed by atoms with E-state index in [0.717, 1.165) is 11.3 Å². The van der Waals surface area contributed by atoms with Gasteiger partial charge in [0.25, 0.3) is 0 Å². The number of hydrogen-bond acceptors (Lipinski definition) is 5. The Hall–Kier alpha value is -4.03. The molecule has 7 nitrogen and oxygen atoms in total. The van der Waals surface area contributed by atoms with Gasteiger partial charge in [-0.2, -0.15) is 26.3 Å². The highest BCUT2D eigenvalue weighted by Gasteiger charge is 2.37. The third-order valence-electron chi connectivity index (χ3n) is 4.58. The molecule has 1 heterocycles. The number of ether oxygens (including phenoxy) is 2. The van der Waals surface area contributed by atoms with E-state index in [4.69, 9.17) is 9.47 Å². The van der Waals surface area contributed by atoms with Crippen molar-refractivity contribution in [2.24, 2.45) is 0 Å². The number of halogens is 6. The maximum atomic E-state index is 12.9. The molecule has 36 heavy (non-hydrogen) atoms. The zero-order valence-electron chi connectivity index (χ0n) is 18.7. The van der Waals surface area contributed by atoms with E-state index in [1.54, 1.807) is 24.3 Å². The van der Waals surface area contributed by atoms with Gasteiger partial charge in [0.2, 0.25) is 5.88 Å². The summed E-state index contributed by atoms with van der Waals surface area (Å²) in [6, 6.07) is 10.2. The molecule has 1 aromatic heterocycles. The normalized spacial score (nSPS) is 11.6. The van der Waals surface area contributed by atoms with Gasteiger partial charge < -0.3 is 20.1 Å². The molecule has 0 saturated heterocycles. The molecule has 0 aliphatic heterocycles. The van der Waals surface area contributed by atoms with E-state index in [9.17, 15) is 31.1 Å². The quantitative estimate of drug-likeness (QED) is 0.294. The first-order valence-corrected chi connectivity index (χ1v) is 10.5. The van der Waals surface area contributed by atoms with E-state index in [2.05, 4.69) is 15.5 Å². The smallest absolute Gasteiger partial charge is 0.416 e. The summed E-state index contributed by atoms with van der Waals surface area (Å²) >= 11 is 0. The molecule has 2 aromatic carbocycles. The Bertz CT molecular complexity index is 1130. The van der Waals surface area contributed by atoms with Gasteiger partial charge in [0, 0.05) is 17.3 Å². The average Bonchev–Trinajstić information content (AvgIpc) is 2.82. The van der Waals surface area contributed by atoms with Gasteiger partial charge in [-0.15, -0.1) is 10.2 Å². The Balaban J connectivity index is 1.51. The van der Waals surface area contributed by atoms with Crippen LogP contribution in [0.4, 0.5) is 36.8 Å². The molecule has 0 aliphatic carbocycles. The number of benzene rings is 2. The lowest BCUT2D eigenvalue weighted by molar-refractivity contribution is -0.143. The molecule has 0 bridgehead atoms. The van der Waals surface area contributed by atoms with Gasteiger partial charge in [-0.3, -0.25) is 0 Å². The molecule has 3 aromatic rings. The second kappa shape index (κ2) is 11.1. The second-order valence-corrected chi connectivity index (χ2v) is 7.24. The highest BCUT2D eigenvalue weighted by atomic mass is 19.4. The van der Waals surface area contributed by atoms with Crippen molar-refractivity contribution in [3.8, 4) is 22.9 Å². The predicted octanol–water partition coefficient (Wildman–Crippen LogP) is 5.78. The molecular weight excluding hydrogens is 494 g/mol. The van der Waals surface area contributed by atoms with Gasteiger partial charge in [0.1, 0.15) is 12.4 Å². The average molecular weight is 514 g/mol. The molecule has 0 radical (unpaired) electrons. The fraction of sp³-hybridized carbons (Fsp3) is 0.261. The van der Waals surface area contributed by atoms with Gasteiger partial charge in [-0.1, -0.05) is 0 Å². The van der Waals surface area contributed by atoms with E-state index in [0.29, 0.717) is 24.4 Å². The van der Waals surface area contributed by atoms with Gasteiger partial charge in [-0.25, -0.2) is 4.79 Å². The van der Waals surface area contributed by atoms with Crippen molar-refractivity contribution in [3.63, 3.8) is 0 Å². The van der Waals surface area contributed by atoms with E-state index < -0.39 is 35.2 Å². The Morgan fingerprint density at radius 2 is 1.50 bits per heavy atom. The first kappa shape index (κ1) is 26.6. The van der Waals surface area contributed by atoms with Crippen molar-refractivity contribution < 1.29 is 40.6 Å². The molecule has 2 N–H and O–H groups in total. The molecule has 0 atom stereocenters. The third kappa shape index (κ3) is 7.48. The van der Waals surface area contributed by atoms with Crippen LogP contribution >= 0.6 is 0 Å². The topological polar surface area (TPSA) is 85.4 Å². The van der Waals surface area contributed by atoms with Crippen molar-refractivity contribution in [2.75, 3.05) is 25.1 Å². The summed E-state index contributed by atoms with van der Waals surface area (Å²) < 4.78 is 88.2. The Kier molecular flexibility index (Phi) is 8.22. The number of hydrogen-bond donors (Lipinski definition) is 2. The molecule has 0 aliphatic rings. The number of carbonyl (C=O) groups excluding carboxylic acids is 1. The number of carbonyl (C=O) groups is 1. The van der Waals surface area contributed by atoms with Crippen molar-refractivity contribution in [1.29, 1.82) is 0 Å². The number of urea groups is 1. The molecule has 0 fully saturated rings. The minimum atomic E-state index is -5.02. The maximum Gasteiger partial charge on any atom is 0.416 e. The summed E-state index contributed by atoms with van der Waals surface area (Å²) in [5.74, 6) is 0.874. The van der Waals surface area contributed by atoms with Crippen LogP contribution in [0.1, 0.15) is 18.1 Å². The molecule has 3 rings (SSSR count). The summed E-state index contributed by atoms with van der Waals surface area (Å²) in [6.45, 7) is 2.23. The third-order valence-corrected chi connectivity index (χ3v) is 4.58. The summed E-state index contributed by atoms with van der Waals surface area (Å²) in [5.41, 5.74) is -2.35. The van der Waals surface area contributed by atoms with Crippen LogP contribution in [0, 0.1) is 0 Å². The number of rotatable bonds is 8. The number of alkyl halides is 6. The first-order valence-electron chi connectivity index (χ1n) is 10.5. The van der Waals surface area contributed by atoms with Crippen LogP contribution in [0.5, 0.6) is 11.6 Å². The van der Waals surface area contributed by atoms with Crippen LogP contribution < -0.4 is 20.1 Å². The number of anilines is 1. The van der Waals surface area contributed by atoms with Crippen LogP contribution in [-0.4, -0.2) is 36.0 Å². The standard InChI is InChI=1S/C23H20F6N4O3/c1-2-35-18-5-3-14(4-6-18)19-7-8-20(33-32-19)36-10-9-30-21(34)31-17-12-15(22(24,25)26)11-16(13-17)23(27,28)29/h3-8,11-13H,2,9-10H2,1H3,(H2,30,31,34). The Labute approximate surface area is 201 Å². The Morgan fingerprint density at radius 1 is 0.861 bits per heavy atom. The summed E-state index contributed by atoms with van der Waals surface area (Å²) in [5, 5.41) is 12.2. The van der Waals surface area contributed by atoms with E-state index in [1.807, 2.05) is 24.4 Å². The minimum Gasteiger partial charge on any atom is -0.494 e. The number of nitrogens with zero attached hydrogens (tertiary/aromatic N) is 2. The molecule has 13 heteroatoms. The fourth-order valence-corrected chi connectivity index (χ4v) is 2.96. The van der Waals surface area contributed by atoms with E-state index in [-0.39, 0.29) is 25.1 Å². The van der Waals surface area contributed by atoms with Crippen LogP contribution in [0.15, 0.2) is 54.6 Å². The highest BCUT2D eigenvalue weighted by molar-refractivity contribution is 5.89. The summed E-state index contributed by atoms with van der Waals surface area (Å²) in [6.07, 6.45) is -10.0. The van der Waals surface area contributed by atoms with Gasteiger partial charge in [0.15, 0.2) is 0 Å². The molecular formula is C23H20F6N4O3. The molecule has 2 amide bonds. The van der Waals surface area contributed by atoms with Crippen LogP contribution in [0.3, 0.4) is 0 Å². The van der Waals surface area contributed by atoms with Gasteiger partial charge in [0.05, 0.1) is 30.0 Å². The first-order chi connectivity index (χ1) is 17.0. The van der Waals surface area contributed by atoms with Crippen LogP contribution in [0.2, 0.25) is 0 Å². The Morgan fingerprint density at radius 3 is 2.03 bits per heavy atom. The molecule has 0 spiro atoms. The lowest BCUT2D eigenvalue weighted by atomic mass is 10.1. The van der Waals surface area contributed by atoms with Crippen molar-refractivity contribution in [2.45, 2.75) is 19.3 Å². The van der Waals surface area contributed by atoms with Crippen molar-refractivity contribution in [3.05, 3.63) is 65.7 Å². The van der Waals surface area contributed by atoms with Gasteiger partial charge in [-0.05, 0) is 55.5 Å². The zero-order valence-corrected chi connectivity index (χ0v) is 18.7. The maximum absolute atomic E-state index is 12.9. The largest absolute Gasteiger partial charge is 0.494 e.